The number of benzene rings is 4. The molecule has 0 aliphatic carbocycles. The molecular formula is C41H40F5N5O7S2. The minimum atomic E-state index is -4.40. The molecule has 318 valence electrons. The van der Waals surface area contributed by atoms with E-state index in [0.29, 0.717) is 47.1 Å². The second-order valence-corrected chi connectivity index (χ2v) is 15.9. The molecule has 1 fully saturated rings. The molecule has 1 amide bonds. The number of ether oxygens (including phenoxy) is 3. The summed E-state index contributed by atoms with van der Waals surface area (Å²) in [7, 11) is -2.69. The van der Waals surface area contributed by atoms with Crippen LogP contribution in [0.15, 0.2) is 114 Å². The summed E-state index contributed by atoms with van der Waals surface area (Å²) in [5.41, 5.74) is 2.39. The van der Waals surface area contributed by atoms with E-state index in [1.807, 2.05) is 31.2 Å². The van der Waals surface area contributed by atoms with Gasteiger partial charge in [-0.1, -0.05) is 54.0 Å². The molecule has 19 heteroatoms. The topological polar surface area (TPSA) is 131 Å². The summed E-state index contributed by atoms with van der Waals surface area (Å²) in [6, 6.07) is 26.2. The summed E-state index contributed by atoms with van der Waals surface area (Å²) in [6.45, 7) is 2.33. The third kappa shape index (κ3) is 10.2. The molecule has 2 aliphatic rings. The normalized spacial score (nSPS) is 15.2. The first-order chi connectivity index (χ1) is 28.7. The zero-order valence-corrected chi connectivity index (χ0v) is 33.9. The van der Waals surface area contributed by atoms with Crippen LogP contribution in [0.1, 0.15) is 18.1 Å². The molecule has 0 spiro atoms. The maximum Gasteiger partial charge on any atom is 0.416 e. The highest BCUT2D eigenvalue weighted by Crippen LogP contribution is 2.38. The Kier molecular flexibility index (Phi) is 13.9. The summed E-state index contributed by atoms with van der Waals surface area (Å²) in [5, 5.41) is 5.99. The summed E-state index contributed by atoms with van der Waals surface area (Å²) < 4.78 is 106. The van der Waals surface area contributed by atoms with Crippen molar-refractivity contribution >= 4 is 55.1 Å². The predicted molar refractivity (Wildman–Crippen MR) is 220 cm³/mol. The van der Waals surface area contributed by atoms with E-state index in [1.54, 1.807) is 34.3 Å². The Labute approximate surface area is 346 Å². The van der Waals surface area contributed by atoms with Crippen molar-refractivity contribution in [3.63, 3.8) is 0 Å². The van der Waals surface area contributed by atoms with Crippen molar-refractivity contribution in [2.24, 2.45) is 0 Å². The van der Waals surface area contributed by atoms with Gasteiger partial charge < -0.3 is 29.7 Å². The summed E-state index contributed by atoms with van der Waals surface area (Å²) >= 11 is 1.24. The molecule has 3 heterocycles. The molecule has 4 aromatic carbocycles. The van der Waals surface area contributed by atoms with Crippen LogP contribution in [0.5, 0.6) is 5.75 Å². The summed E-state index contributed by atoms with van der Waals surface area (Å²) in [6.07, 6.45) is -4.40. The third-order valence-electron chi connectivity index (χ3n) is 9.24. The van der Waals surface area contributed by atoms with Crippen LogP contribution in [-0.4, -0.2) is 75.8 Å². The van der Waals surface area contributed by atoms with Gasteiger partial charge in [-0.2, -0.15) is 22.0 Å². The second kappa shape index (κ2) is 19.1. The number of alkyl halides is 5. The van der Waals surface area contributed by atoms with Crippen LogP contribution in [0.2, 0.25) is 0 Å². The zero-order valence-electron chi connectivity index (χ0n) is 32.2. The van der Waals surface area contributed by atoms with Crippen LogP contribution in [-0.2, 0) is 37.0 Å². The lowest BCUT2D eigenvalue weighted by Gasteiger charge is -2.28. The highest BCUT2D eigenvalue weighted by molar-refractivity contribution is 7.99. The predicted octanol–water partition coefficient (Wildman–Crippen LogP) is 8.08. The van der Waals surface area contributed by atoms with Gasteiger partial charge in [0.25, 0.3) is 21.5 Å². The van der Waals surface area contributed by atoms with E-state index in [0.717, 1.165) is 40.9 Å². The highest BCUT2D eigenvalue weighted by Gasteiger charge is 2.44. The zero-order chi connectivity index (χ0) is 43.0. The number of carbonyl (C=O) groups excluding carboxylic acids is 1. The van der Waals surface area contributed by atoms with Crippen molar-refractivity contribution in [2.75, 3.05) is 62.1 Å². The molecule has 0 bridgehead atoms. The molecule has 0 unspecified atom stereocenters. The van der Waals surface area contributed by atoms with Crippen LogP contribution in [0.25, 0.3) is 15.3 Å². The fraction of sp³-hybridized carbons (Fsp3) is 0.268. The van der Waals surface area contributed by atoms with Gasteiger partial charge in [0, 0.05) is 43.8 Å². The first kappa shape index (κ1) is 43.8. The number of hydrogen-bond acceptors (Lipinski definition) is 11. The molecule has 5 aromatic rings. The molecule has 60 heavy (non-hydrogen) atoms. The number of aryl methyl sites for hydroxylation is 1. The van der Waals surface area contributed by atoms with E-state index >= 15 is 0 Å². The van der Waals surface area contributed by atoms with E-state index in [1.165, 1.54) is 55.0 Å². The van der Waals surface area contributed by atoms with Gasteiger partial charge in [-0.3, -0.25) is 13.5 Å². The Bertz CT molecular complexity index is 2440. The Balaban J connectivity index is 0.000000202. The number of halogens is 5. The maximum atomic E-state index is 13.0. The van der Waals surface area contributed by atoms with Gasteiger partial charge in [-0.05, 0) is 78.7 Å². The number of morpholine rings is 1. The van der Waals surface area contributed by atoms with Crippen molar-refractivity contribution < 1.29 is 49.4 Å². The number of rotatable bonds is 13. The minimum Gasteiger partial charge on any atom is -0.435 e. The number of sulfonamides is 1. The number of aromatic nitrogens is 1. The molecule has 2 aliphatic heterocycles. The van der Waals surface area contributed by atoms with Gasteiger partial charge >= 0.3 is 12.8 Å². The Morgan fingerprint density at radius 3 is 2.03 bits per heavy atom. The van der Waals surface area contributed by atoms with Crippen LogP contribution < -0.4 is 25.8 Å². The number of hydrogen-bond donors (Lipinski definition) is 2. The fourth-order valence-corrected chi connectivity index (χ4v) is 8.96. The van der Waals surface area contributed by atoms with Gasteiger partial charge in [-0.15, -0.1) is 0 Å². The number of amides is 1. The first-order valence-corrected chi connectivity index (χ1v) is 20.7. The second-order valence-electron chi connectivity index (χ2n) is 13.1. The van der Waals surface area contributed by atoms with Crippen molar-refractivity contribution in [3.8, 4) is 16.2 Å². The van der Waals surface area contributed by atoms with Crippen molar-refractivity contribution in [1.82, 2.24) is 8.26 Å². The van der Waals surface area contributed by atoms with Crippen LogP contribution in [0.3, 0.4) is 0 Å². The molecule has 2 N–H and O–H groups in total. The van der Waals surface area contributed by atoms with E-state index in [-0.39, 0.29) is 35.1 Å². The summed E-state index contributed by atoms with van der Waals surface area (Å²) in [5.74, 6) is -0.788. The Morgan fingerprint density at radius 2 is 1.45 bits per heavy atom. The fourth-order valence-electron chi connectivity index (χ4n) is 6.29. The first-order valence-electron chi connectivity index (χ1n) is 18.5. The average Bonchev–Trinajstić information content (AvgIpc) is 3.65. The van der Waals surface area contributed by atoms with E-state index < -0.39 is 34.3 Å². The molecular weight excluding hydrogens is 834 g/mol. The SMILES string of the molecule is CCn1sc(-c2ccc(C(F)(F)F)cc2)c(Nc2ccc(N3CCOCC3)cc2)c1=O.COCCN1C(=O)C(Nc2ccc(OC(F)F)cc2)=C(c2ccccc2)S1(=O)=O. The van der Waals surface area contributed by atoms with Crippen LogP contribution in [0.4, 0.5) is 44.7 Å². The van der Waals surface area contributed by atoms with Crippen molar-refractivity contribution in [1.29, 1.82) is 0 Å². The van der Waals surface area contributed by atoms with Gasteiger partial charge in [0.15, 0.2) is 0 Å². The van der Waals surface area contributed by atoms with Crippen LogP contribution in [0, 0.1) is 0 Å². The lowest BCUT2D eigenvalue weighted by Crippen LogP contribution is -2.36. The number of nitrogens with zero attached hydrogens (tertiary/aromatic N) is 3. The molecule has 1 saturated heterocycles. The molecule has 12 nitrogen and oxygen atoms in total. The molecule has 0 radical (unpaired) electrons. The largest absolute Gasteiger partial charge is 0.435 e. The number of nitrogens with one attached hydrogen (secondary N) is 2. The van der Waals surface area contributed by atoms with Gasteiger partial charge in [0.2, 0.25) is 0 Å². The lowest BCUT2D eigenvalue weighted by molar-refractivity contribution is -0.137. The summed E-state index contributed by atoms with van der Waals surface area (Å²) in [4.78, 5) is 28.4. The maximum absolute atomic E-state index is 13.0. The van der Waals surface area contributed by atoms with E-state index in [2.05, 4.69) is 20.3 Å². The Hall–Kier alpha value is -5.76. The quantitative estimate of drug-likeness (QED) is 0.112. The van der Waals surface area contributed by atoms with Gasteiger partial charge in [0.05, 0.1) is 36.8 Å². The van der Waals surface area contributed by atoms with Gasteiger partial charge in [0.1, 0.15) is 22.0 Å². The van der Waals surface area contributed by atoms with E-state index in [4.69, 9.17) is 9.47 Å². The molecule has 0 atom stereocenters. The third-order valence-corrected chi connectivity index (χ3v) is 12.4. The molecule has 0 saturated carbocycles. The Morgan fingerprint density at radius 1 is 0.833 bits per heavy atom. The smallest absolute Gasteiger partial charge is 0.416 e. The number of methoxy groups -OCH3 is 1. The lowest BCUT2D eigenvalue weighted by atomic mass is 10.1. The van der Waals surface area contributed by atoms with Crippen LogP contribution >= 0.6 is 11.5 Å². The van der Waals surface area contributed by atoms with Crippen molar-refractivity contribution in [3.05, 3.63) is 130 Å². The molecule has 7 rings (SSSR count). The minimum absolute atomic E-state index is 0.0417. The monoisotopic (exact) mass is 873 g/mol. The van der Waals surface area contributed by atoms with Crippen molar-refractivity contribution in [2.45, 2.75) is 26.3 Å². The molecule has 1 aromatic heterocycles. The highest BCUT2D eigenvalue weighted by atomic mass is 32.2. The average molecular weight is 874 g/mol. The number of carbonyl (C=O) groups is 1. The number of anilines is 4. The van der Waals surface area contributed by atoms with E-state index in [9.17, 15) is 40.0 Å². The standard InChI is InChI=1S/C22H22F3N3O2S.C19H18F2N2O5S/c1-2-28-21(29)19(20(31-28)15-3-5-16(6-4-15)22(23,24)25)26-17-7-9-18(10-8-17)27-11-13-30-14-12-27;1-27-12-11-23-18(24)16(17(29(23,25)26)13-5-3-2-4-6-13)22-14-7-9-15(10-8-14)28-19(20)21/h3-10,26H,2,11-14H2,1H3;2-10,19,22H,11-12H2,1H3. The van der Waals surface area contributed by atoms with Gasteiger partial charge in [-0.25, -0.2) is 12.7 Å².